The molecule has 0 aliphatic rings. The molecule has 1 radical (unpaired) electrons. The van der Waals surface area contributed by atoms with Crippen molar-refractivity contribution in [3.05, 3.63) is 54.6 Å². The SMILES string of the molecule is [c]1cncn1Cc1ccccc1. The van der Waals surface area contributed by atoms with Crippen LogP contribution in [-0.4, -0.2) is 9.55 Å². The first-order valence-corrected chi connectivity index (χ1v) is 3.87. The van der Waals surface area contributed by atoms with E-state index >= 15 is 0 Å². The smallest absolute Gasteiger partial charge is 0.0954 e. The molecule has 0 aliphatic carbocycles. The van der Waals surface area contributed by atoms with E-state index in [4.69, 9.17) is 0 Å². The van der Waals surface area contributed by atoms with Crippen molar-refractivity contribution in [2.45, 2.75) is 6.54 Å². The zero-order valence-corrected chi connectivity index (χ0v) is 6.64. The first kappa shape index (κ1) is 7.10. The predicted octanol–water partition coefficient (Wildman–Crippen LogP) is 1.73. The molecule has 1 aromatic carbocycles. The summed E-state index contributed by atoms with van der Waals surface area (Å²) in [5.41, 5.74) is 1.27. The maximum atomic E-state index is 3.93. The van der Waals surface area contributed by atoms with Gasteiger partial charge in [-0.25, -0.2) is 4.98 Å². The number of hydrogen-bond donors (Lipinski definition) is 0. The van der Waals surface area contributed by atoms with Crippen molar-refractivity contribution in [3.63, 3.8) is 0 Å². The summed E-state index contributed by atoms with van der Waals surface area (Å²) in [6.45, 7) is 0.848. The fraction of sp³-hybridized carbons (Fsp3) is 0.100. The van der Waals surface area contributed by atoms with E-state index in [1.807, 2.05) is 22.8 Å². The number of benzene rings is 1. The Labute approximate surface area is 71.5 Å². The van der Waals surface area contributed by atoms with Crippen molar-refractivity contribution in [3.8, 4) is 0 Å². The van der Waals surface area contributed by atoms with Gasteiger partial charge in [0.05, 0.1) is 18.7 Å². The minimum atomic E-state index is 0.848. The largest absolute Gasteiger partial charge is 0.325 e. The van der Waals surface area contributed by atoms with Crippen LogP contribution < -0.4 is 0 Å². The van der Waals surface area contributed by atoms with Crippen LogP contribution in [0.5, 0.6) is 0 Å². The van der Waals surface area contributed by atoms with Crippen LogP contribution in [-0.2, 0) is 6.54 Å². The highest BCUT2D eigenvalue weighted by atomic mass is 15.0. The lowest BCUT2D eigenvalue weighted by Gasteiger charge is -1.99. The zero-order chi connectivity index (χ0) is 8.23. The lowest BCUT2D eigenvalue weighted by atomic mass is 10.2. The molecular formula is C10H9N2. The third-order valence-corrected chi connectivity index (χ3v) is 1.70. The maximum absolute atomic E-state index is 3.93. The van der Waals surface area contributed by atoms with E-state index in [0.717, 1.165) is 6.54 Å². The monoisotopic (exact) mass is 157 g/mol. The van der Waals surface area contributed by atoms with Crippen LogP contribution in [0.2, 0.25) is 0 Å². The molecule has 0 amide bonds. The molecule has 0 saturated carbocycles. The second kappa shape index (κ2) is 3.22. The van der Waals surface area contributed by atoms with E-state index in [1.54, 1.807) is 12.5 Å². The molecule has 0 N–H and O–H groups in total. The molecule has 2 rings (SSSR count). The summed E-state index contributed by atoms with van der Waals surface area (Å²) in [4.78, 5) is 3.93. The summed E-state index contributed by atoms with van der Waals surface area (Å²) in [6.07, 6.45) is 6.43. The minimum Gasteiger partial charge on any atom is -0.325 e. The Bertz CT molecular complexity index is 324. The molecular weight excluding hydrogens is 148 g/mol. The van der Waals surface area contributed by atoms with Gasteiger partial charge in [0.25, 0.3) is 0 Å². The molecule has 1 heterocycles. The average molecular weight is 157 g/mol. The van der Waals surface area contributed by atoms with Gasteiger partial charge in [0.2, 0.25) is 0 Å². The molecule has 12 heavy (non-hydrogen) atoms. The van der Waals surface area contributed by atoms with Gasteiger partial charge in [0.1, 0.15) is 0 Å². The fourth-order valence-corrected chi connectivity index (χ4v) is 1.12. The van der Waals surface area contributed by atoms with Crippen LogP contribution in [0.1, 0.15) is 5.56 Å². The van der Waals surface area contributed by atoms with Crippen molar-refractivity contribution in [2.75, 3.05) is 0 Å². The average Bonchev–Trinajstić information content (AvgIpc) is 2.59. The Morgan fingerprint density at radius 3 is 2.75 bits per heavy atom. The highest BCUT2D eigenvalue weighted by molar-refractivity contribution is 5.14. The number of nitrogens with zero attached hydrogens (tertiary/aromatic N) is 2. The minimum absolute atomic E-state index is 0.848. The van der Waals surface area contributed by atoms with Crippen molar-refractivity contribution in [1.82, 2.24) is 9.55 Å². The molecule has 0 saturated heterocycles. The van der Waals surface area contributed by atoms with Gasteiger partial charge in [-0.1, -0.05) is 30.3 Å². The summed E-state index contributed by atoms with van der Waals surface area (Å²) in [7, 11) is 0. The third-order valence-electron chi connectivity index (χ3n) is 1.70. The van der Waals surface area contributed by atoms with E-state index in [1.165, 1.54) is 5.56 Å². The first-order chi connectivity index (χ1) is 5.95. The number of imidazole rings is 1. The van der Waals surface area contributed by atoms with Crippen molar-refractivity contribution in [1.29, 1.82) is 0 Å². The molecule has 0 spiro atoms. The van der Waals surface area contributed by atoms with Crippen LogP contribution in [0.15, 0.2) is 42.9 Å². The lowest BCUT2D eigenvalue weighted by molar-refractivity contribution is 0.792. The van der Waals surface area contributed by atoms with Crippen LogP contribution >= 0.6 is 0 Å². The normalized spacial score (nSPS) is 10.0. The second-order valence-electron chi connectivity index (χ2n) is 2.64. The zero-order valence-electron chi connectivity index (χ0n) is 6.64. The van der Waals surface area contributed by atoms with Crippen molar-refractivity contribution >= 4 is 0 Å². The van der Waals surface area contributed by atoms with E-state index in [-0.39, 0.29) is 0 Å². The summed E-state index contributed by atoms with van der Waals surface area (Å²) >= 11 is 0. The van der Waals surface area contributed by atoms with E-state index < -0.39 is 0 Å². The Kier molecular flexibility index (Phi) is 1.90. The topological polar surface area (TPSA) is 17.8 Å². The summed E-state index contributed by atoms with van der Waals surface area (Å²) in [5, 5.41) is 0. The third kappa shape index (κ3) is 1.53. The molecule has 2 aromatic rings. The van der Waals surface area contributed by atoms with Gasteiger partial charge < -0.3 is 4.57 Å². The standard InChI is InChI=1S/C10H9N2/c1-2-4-10(5-3-1)8-12-7-6-11-9-12/h1-6,9H,8H2. The molecule has 0 atom stereocenters. The van der Waals surface area contributed by atoms with Gasteiger partial charge in [-0.05, 0) is 5.56 Å². The number of aromatic nitrogens is 2. The van der Waals surface area contributed by atoms with Gasteiger partial charge in [0, 0.05) is 6.54 Å². The molecule has 0 fully saturated rings. The first-order valence-electron chi connectivity index (χ1n) is 3.87. The number of rotatable bonds is 2. The molecule has 2 heteroatoms. The summed E-state index contributed by atoms with van der Waals surface area (Å²) < 4.78 is 1.93. The lowest BCUT2D eigenvalue weighted by Crippen LogP contribution is -1.95. The molecule has 2 nitrogen and oxygen atoms in total. The van der Waals surface area contributed by atoms with Crippen molar-refractivity contribution < 1.29 is 0 Å². The van der Waals surface area contributed by atoms with E-state index in [2.05, 4.69) is 23.3 Å². The summed E-state index contributed by atoms with van der Waals surface area (Å²) in [6, 6.07) is 10.3. The van der Waals surface area contributed by atoms with Crippen LogP contribution in [0.25, 0.3) is 0 Å². The van der Waals surface area contributed by atoms with Crippen LogP contribution in [0.3, 0.4) is 0 Å². The van der Waals surface area contributed by atoms with Crippen LogP contribution in [0, 0.1) is 6.20 Å². The summed E-state index contributed by atoms with van der Waals surface area (Å²) in [5.74, 6) is 0. The fourth-order valence-electron chi connectivity index (χ4n) is 1.12. The molecule has 0 bridgehead atoms. The highest BCUT2D eigenvalue weighted by Crippen LogP contribution is 2.00. The molecule has 59 valence electrons. The Hall–Kier alpha value is -1.57. The van der Waals surface area contributed by atoms with Gasteiger partial charge in [0.15, 0.2) is 0 Å². The van der Waals surface area contributed by atoms with Crippen LogP contribution in [0.4, 0.5) is 0 Å². The van der Waals surface area contributed by atoms with E-state index in [0.29, 0.717) is 0 Å². The van der Waals surface area contributed by atoms with Crippen molar-refractivity contribution in [2.24, 2.45) is 0 Å². The Morgan fingerprint density at radius 1 is 1.25 bits per heavy atom. The Morgan fingerprint density at radius 2 is 2.08 bits per heavy atom. The van der Waals surface area contributed by atoms with Gasteiger partial charge in [-0.2, -0.15) is 0 Å². The Balaban J connectivity index is 2.15. The number of hydrogen-bond acceptors (Lipinski definition) is 1. The highest BCUT2D eigenvalue weighted by Gasteiger charge is 1.91. The molecule has 0 aliphatic heterocycles. The van der Waals surface area contributed by atoms with E-state index in [9.17, 15) is 0 Å². The molecule has 0 unspecified atom stereocenters. The quantitative estimate of drug-likeness (QED) is 0.649. The molecule has 1 aromatic heterocycles. The predicted molar refractivity (Wildman–Crippen MR) is 46.6 cm³/mol. The van der Waals surface area contributed by atoms with Gasteiger partial charge in [-0.15, -0.1) is 0 Å². The van der Waals surface area contributed by atoms with Gasteiger partial charge in [-0.3, -0.25) is 0 Å². The maximum Gasteiger partial charge on any atom is 0.0954 e. The van der Waals surface area contributed by atoms with Gasteiger partial charge >= 0.3 is 0 Å². The second-order valence-corrected chi connectivity index (χ2v) is 2.64.